The van der Waals surface area contributed by atoms with Crippen LogP contribution in [0.25, 0.3) is 5.70 Å². The van der Waals surface area contributed by atoms with Gasteiger partial charge in [0.2, 0.25) is 5.91 Å². The number of aromatic nitrogens is 1. The van der Waals surface area contributed by atoms with Gasteiger partial charge in [0.15, 0.2) is 0 Å². The third kappa shape index (κ3) is 4.11. The number of hydrogen-bond acceptors (Lipinski definition) is 3. The molecule has 30 heavy (non-hydrogen) atoms. The lowest BCUT2D eigenvalue weighted by Crippen LogP contribution is -2.43. The van der Waals surface area contributed by atoms with E-state index in [1.165, 1.54) is 25.0 Å². The Morgan fingerprint density at radius 1 is 1.20 bits per heavy atom. The molecule has 0 bridgehead atoms. The van der Waals surface area contributed by atoms with Crippen molar-refractivity contribution in [3.8, 4) is 0 Å². The Hall–Kier alpha value is -3.08. The van der Waals surface area contributed by atoms with E-state index in [0.29, 0.717) is 11.6 Å². The van der Waals surface area contributed by atoms with E-state index >= 15 is 0 Å². The summed E-state index contributed by atoms with van der Waals surface area (Å²) in [7, 11) is 0. The fourth-order valence-electron chi connectivity index (χ4n) is 3.90. The normalized spacial score (nSPS) is 18.5. The van der Waals surface area contributed by atoms with Crippen LogP contribution in [-0.4, -0.2) is 17.6 Å². The number of hydrogen-bond donors (Lipinski definition) is 1. The molecular weight excluding hydrogens is 377 g/mol. The molecule has 4 rings (SSSR count). The summed E-state index contributed by atoms with van der Waals surface area (Å²) in [6.45, 7) is 5.68. The largest absolute Gasteiger partial charge is 0.325 e. The molecule has 0 aliphatic heterocycles. The number of anilines is 1. The fraction of sp³-hybridized carbons (Fsp3) is 0.320. The molecule has 0 spiro atoms. The van der Waals surface area contributed by atoms with Crippen LogP contribution in [-0.2, 0) is 4.79 Å². The minimum Gasteiger partial charge on any atom is -0.325 e. The van der Waals surface area contributed by atoms with Crippen LogP contribution >= 0.6 is 0 Å². The molecule has 2 aromatic rings. The number of carbonyl (C=O) groups excluding carboxylic acids is 1. The Morgan fingerprint density at radius 2 is 1.93 bits per heavy atom. The average molecular weight is 404 g/mol. The molecule has 0 unspecified atom stereocenters. The number of halogens is 1. The number of rotatable bonds is 7. The molecule has 2 fully saturated rings. The van der Waals surface area contributed by atoms with Crippen molar-refractivity contribution < 1.29 is 9.18 Å². The van der Waals surface area contributed by atoms with E-state index in [-0.39, 0.29) is 11.7 Å². The van der Waals surface area contributed by atoms with Crippen molar-refractivity contribution in [3.05, 3.63) is 77.4 Å². The van der Waals surface area contributed by atoms with Crippen LogP contribution in [0, 0.1) is 11.2 Å². The number of allylic oxidation sites excluding steroid dienone is 2. The summed E-state index contributed by atoms with van der Waals surface area (Å²) in [5.41, 5.74) is 3.84. The van der Waals surface area contributed by atoms with Crippen molar-refractivity contribution in [2.24, 2.45) is 10.4 Å². The summed E-state index contributed by atoms with van der Waals surface area (Å²) in [4.78, 5) is 21.7. The van der Waals surface area contributed by atoms with Crippen molar-refractivity contribution in [2.75, 3.05) is 5.32 Å². The molecule has 154 valence electrons. The molecule has 4 nitrogen and oxygen atoms in total. The minimum absolute atomic E-state index is 0.0499. The number of benzene rings is 1. The number of pyridine rings is 1. The van der Waals surface area contributed by atoms with Gasteiger partial charge in [-0.3, -0.25) is 14.8 Å². The molecule has 5 heteroatoms. The van der Waals surface area contributed by atoms with Crippen LogP contribution in [0.2, 0.25) is 0 Å². The monoisotopic (exact) mass is 403 g/mol. The van der Waals surface area contributed by atoms with Gasteiger partial charge < -0.3 is 5.32 Å². The van der Waals surface area contributed by atoms with Gasteiger partial charge in [-0.1, -0.05) is 18.1 Å². The van der Waals surface area contributed by atoms with Crippen molar-refractivity contribution in [1.82, 2.24) is 4.98 Å². The summed E-state index contributed by atoms with van der Waals surface area (Å²) in [6, 6.07) is 9.95. The summed E-state index contributed by atoms with van der Waals surface area (Å²) in [6.07, 6.45) is 10.7. The Balaban J connectivity index is 1.52. The number of nitrogens with one attached hydrogen (secondary N) is 1. The molecule has 0 radical (unpaired) electrons. The lowest BCUT2D eigenvalue weighted by molar-refractivity contribution is -0.127. The second-order valence-corrected chi connectivity index (χ2v) is 8.20. The molecule has 1 amide bonds. The van der Waals surface area contributed by atoms with E-state index in [9.17, 15) is 9.18 Å². The van der Waals surface area contributed by atoms with Gasteiger partial charge in [0.05, 0.1) is 11.1 Å². The smallest absolute Gasteiger partial charge is 0.234 e. The third-order valence-electron chi connectivity index (χ3n) is 6.24. The quantitative estimate of drug-likeness (QED) is 0.463. The molecule has 1 N–H and O–H groups in total. The van der Waals surface area contributed by atoms with Gasteiger partial charge in [-0.05, 0) is 81.8 Å². The third-order valence-corrected chi connectivity index (χ3v) is 6.24. The maximum absolute atomic E-state index is 13.1. The zero-order chi connectivity index (χ0) is 21.1. The van der Waals surface area contributed by atoms with Crippen molar-refractivity contribution in [3.63, 3.8) is 0 Å². The number of nitrogens with zero attached hydrogens (tertiary/aromatic N) is 2. The summed E-state index contributed by atoms with van der Waals surface area (Å²) in [5.74, 6) is 0.242. The molecule has 1 aromatic heterocycles. The molecule has 1 aromatic carbocycles. The van der Waals surface area contributed by atoms with E-state index in [2.05, 4.69) is 28.1 Å². The summed E-state index contributed by atoms with van der Waals surface area (Å²) >= 11 is 0. The highest BCUT2D eigenvalue weighted by molar-refractivity contribution is 5.98. The lowest BCUT2D eigenvalue weighted by atomic mass is 9.63. The maximum atomic E-state index is 13.1. The van der Waals surface area contributed by atoms with Crippen LogP contribution < -0.4 is 5.32 Å². The Morgan fingerprint density at radius 3 is 2.47 bits per heavy atom. The second kappa shape index (κ2) is 8.34. The standard InChI is InChI=1S/C25H26FN3O/c1-17(4-12-22(27-2)19-7-13-23(28-16-19)18-5-6-18)25(14-3-15-25)24(30)29-21-10-8-20(26)9-11-21/h4,7-13,16,18H,2-3,5-6,14-15H2,1H3,(H,29,30)/b17-4+,22-12-. The average Bonchev–Trinajstić information content (AvgIpc) is 3.55. The van der Waals surface area contributed by atoms with Gasteiger partial charge in [-0.2, -0.15) is 0 Å². The first-order valence-electron chi connectivity index (χ1n) is 10.4. The fourth-order valence-corrected chi connectivity index (χ4v) is 3.90. The highest BCUT2D eigenvalue weighted by Crippen LogP contribution is 2.48. The Kier molecular flexibility index (Phi) is 5.62. The minimum atomic E-state index is -0.536. The molecular formula is C25H26FN3O. The molecule has 2 aliphatic carbocycles. The van der Waals surface area contributed by atoms with Crippen molar-refractivity contribution in [1.29, 1.82) is 0 Å². The maximum Gasteiger partial charge on any atom is 0.234 e. The van der Waals surface area contributed by atoms with Crippen LogP contribution in [0.3, 0.4) is 0 Å². The molecule has 0 atom stereocenters. The molecule has 0 saturated heterocycles. The van der Waals surface area contributed by atoms with E-state index in [1.54, 1.807) is 12.1 Å². The van der Waals surface area contributed by atoms with E-state index in [4.69, 9.17) is 0 Å². The molecule has 2 saturated carbocycles. The van der Waals surface area contributed by atoms with Crippen LogP contribution in [0.1, 0.15) is 56.2 Å². The molecule has 2 aliphatic rings. The van der Waals surface area contributed by atoms with Crippen LogP contribution in [0.5, 0.6) is 0 Å². The number of aliphatic imine (C=N–C) groups is 1. The summed E-state index contributed by atoms with van der Waals surface area (Å²) < 4.78 is 13.1. The SMILES string of the molecule is C=N/C(=C\C=C(/C)C1(C(=O)Nc2ccc(F)cc2)CCC1)c1ccc(C2CC2)nc1. The Labute approximate surface area is 176 Å². The van der Waals surface area contributed by atoms with E-state index in [1.807, 2.05) is 31.3 Å². The topological polar surface area (TPSA) is 54.4 Å². The van der Waals surface area contributed by atoms with Gasteiger partial charge in [0, 0.05) is 29.1 Å². The summed E-state index contributed by atoms with van der Waals surface area (Å²) in [5, 5.41) is 2.94. The predicted octanol–water partition coefficient (Wildman–Crippen LogP) is 5.89. The van der Waals surface area contributed by atoms with E-state index < -0.39 is 5.41 Å². The van der Waals surface area contributed by atoms with Crippen molar-refractivity contribution >= 4 is 24.0 Å². The van der Waals surface area contributed by atoms with Gasteiger partial charge >= 0.3 is 0 Å². The first-order valence-corrected chi connectivity index (χ1v) is 10.4. The second-order valence-electron chi connectivity index (χ2n) is 8.20. The first-order chi connectivity index (χ1) is 14.5. The highest BCUT2D eigenvalue weighted by atomic mass is 19.1. The zero-order valence-electron chi connectivity index (χ0n) is 17.2. The predicted molar refractivity (Wildman–Crippen MR) is 119 cm³/mol. The highest BCUT2D eigenvalue weighted by Gasteiger charge is 2.45. The lowest BCUT2D eigenvalue weighted by Gasteiger charge is -2.41. The first kappa shape index (κ1) is 20.2. The number of amides is 1. The van der Waals surface area contributed by atoms with Gasteiger partial charge in [0.1, 0.15) is 5.82 Å². The van der Waals surface area contributed by atoms with Gasteiger partial charge in [-0.25, -0.2) is 4.39 Å². The molecule has 1 heterocycles. The van der Waals surface area contributed by atoms with Crippen LogP contribution in [0.4, 0.5) is 10.1 Å². The zero-order valence-corrected chi connectivity index (χ0v) is 17.2. The Bertz CT molecular complexity index is 998. The van der Waals surface area contributed by atoms with Gasteiger partial charge in [-0.15, -0.1) is 0 Å². The van der Waals surface area contributed by atoms with Crippen LogP contribution in [0.15, 0.2) is 65.3 Å². The number of carbonyl (C=O) groups is 1. The van der Waals surface area contributed by atoms with Gasteiger partial charge in [0.25, 0.3) is 0 Å². The van der Waals surface area contributed by atoms with E-state index in [0.717, 1.165) is 41.8 Å². The van der Waals surface area contributed by atoms with Crippen molar-refractivity contribution in [2.45, 2.75) is 44.9 Å².